The summed E-state index contributed by atoms with van der Waals surface area (Å²) in [6.45, 7) is 1.45. The van der Waals surface area contributed by atoms with Gasteiger partial charge in [0.25, 0.3) is 5.91 Å². The van der Waals surface area contributed by atoms with E-state index in [9.17, 15) is 19.5 Å². The van der Waals surface area contributed by atoms with Gasteiger partial charge in [-0.3, -0.25) is 9.59 Å². The maximum Gasteiger partial charge on any atom is 0.326 e. The van der Waals surface area contributed by atoms with Crippen LogP contribution in [0.25, 0.3) is 0 Å². The van der Waals surface area contributed by atoms with E-state index in [1.165, 1.54) is 0 Å². The second-order valence-electron chi connectivity index (χ2n) is 10.9. The zero-order valence-electron chi connectivity index (χ0n) is 25.4. The highest BCUT2D eigenvalue weighted by Crippen LogP contribution is 2.22. The second kappa shape index (κ2) is 15.9. The van der Waals surface area contributed by atoms with Gasteiger partial charge in [0.2, 0.25) is 0 Å². The number of hydrogen-bond acceptors (Lipinski definition) is 5. The summed E-state index contributed by atoms with van der Waals surface area (Å²) in [5.74, 6) is -0.566. The van der Waals surface area contributed by atoms with Crippen molar-refractivity contribution < 1.29 is 24.2 Å². The zero-order chi connectivity index (χ0) is 32.1. The third-order valence-electron chi connectivity index (χ3n) is 7.56. The first-order valence-corrected chi connectivity index (χ1v) is 15.3. The lowest BCUT2D eigenvalue weighted by molar-refractivity contribution is -0.137. The van der Waals surface area contributed by atoms with E-state index < -0.39 is 12.0 Å². The maximum atomic E-state index is 13.2. The third-order valence-corrected chi connectivity index (χ3v) is 7.56. The first-order chi connectivity index (χ1) is 22.5. The quantitative estimate of drug-likeness (QED) is 0.0964. The highest BCUT2D eigenvalue weighted by atomic mass is 16.5. The number of carboxylic acid groups (broad SMARTS) is 1. The molecule has 0 saturated carbocycles. The predicted molar refractivity (Wildman–Crippen MR) is 179 cm³/mol. The standard InChI is InChI=1S/C39H36N2O5/c42-37(31-15-6-2-7-16-31)34-19-10-11-20-35(34)40-36(39(44)45)27-29-21-23-33(24-22-29)46-26-12-25-41(28-30-13-4-1-5-14-30)38(43)32-17-8-3-9-18-32/h1-11,13-24,36,40H,12,25-28H2,(H,44,45). The lowest BCUT2D eigenvalue weighted by Gasteiger charge is -2.23. The van der Waals surface area contributed by atoms with Crippen molar-refractivity contribution in [3.63, 3.8) is 0 Å². The topological polar surface area (TPSA) is 95.9 Å². The van der Waals surface area contributed by atoms with E-state index >= 15 is 0 Å². The Morgan fingerprint density at radius 1 is 0.674 bits per heavy atom. The van der Waals surface area contributed by atoms with Crippen molar-refractivity contribution in [1.29, 1.82) is 0 Å². The van der Waals surface area contributed by atoms with Gasteiger partial charge in [-0.25, -0.2) is 4.79 Å². The van der Waals surface area contributed by atoms with Crippen LogP contribution in [0.3, 0.4) is 0 Å². The number of nitrogens with zero attached hydrogens (tertiary/aromatic N) is 1. The molecule has 0 aromatic heterocycles. The van der Waals surface area contributed by atoms with Crippen LogP contribution in [-0.4, -0.2) is 46.9 Å². The number of aliphatic carboxylic acids is 1. The van der Waals surface area contributed by atoms with Gasteiger partial charge in [0.15, 0.2) is 5.78 Å². The first kappa shape index (κ1) is 31.7. The molecule has 0 aliphatic rings. The normalized spacial score (nSPS) is 11.3. The number of rotatable bonds is 15. The molecule has 7 nitrogen and oxygen atoms in total. The molecular formula is C39H36N2O5. The van der Waals surface area contributed by atoms with E-state index in [1.807, 2.05) is 95.9 Å². The fourth-order valence-electron chi connectivity index (χ4n) is 5.16. The largest absolute Gasteiger partial charge is 0.494 e. The van der Waals surface area contributed by atoms with E-state index in [1.54, 1.807) is 48.5 Å². The Morgan fingerprint density at radius 3 is 1.91 bits per heavy atom. The molecule has 0 aliphatic heterocycles. The van der Waals surface area contributed by atoms with E-state index in [0.29, 0.717) is 54.2 Å². The fraction of sp³-hybridized carbons (Fsp3) is 0.154. The van der Waals surface area contributed by atoms with Gasteiger partial charge < -0.3 is 20.1 Å². The van der Waals surface area contributed by atoms with Gasteiger partial charge in [0, 0.05) is 41.9 Å². The Hall–Kier alpha value is -5.69. The summed E-state index contributed by atoms with van der Waals surface area (Å²) >= 11 is 0. The Bertz CT molecular complexity index is 1730. The first-order valence-electron chi connectivity index (χ1n) is 15.3. The molecule has 46 heavy (non-hydrogen) atoms. The van der Waals surface area contributed by atoms with Crippen LogP contribution in [0.1, 0.15) is 43.8 Å². The number of ketones is 1. The zero-order valence-corrected chi connectivity index (χ0v) is 25.4. The number of carbonyl (C=O) groups is 3. The smallest absolute Gasteiger partial charge is 0.326 e. The molecular weight excluding hydrogens is 576 g/mol. The average molecular weight is 613 g/mol. The second-order valence-corrected chi connectivity index (χ2v) is 10.9. The van der Waals surface area contributed by atoms with E-state index in [4.69, 9.17) is 4.74 Å². The van der Waals surface area contributed by atoms with E-state index in [2.05, 4.69) is 5.32 Å². The Kier molecular flexibility index (Phi) is 10.9. The molecule has 0 spiro atoms. The summed E-state index contributed by atoms with van der Waals surface area (Å²) in [5, 5.41) is 13.1. The van der Waals surface area contributed by atoms with Crippen molar-refractivity contribution in [2.75, 3.05) is 18.5 Å². The minimum Gasteiger partial charge on any atom is -0.494 e. The van der Waals surface area contributed by atoms with Gasteiger partial charge in [-0.05, 0) is 53.9 Å². The molecule has 232 valence electrons. The highest BCUT2D eigenvalue weighted by Gasteiger charge is 2.21. The van der Waals surface area contributed by atoms with Crippen LogP contribution in [0.2, 0.25) is 0 Å². The van der Waals surface area contributed by atoms with Crippen LogP contribution >= 0.6 is 0 Å². The minimum atomic E-state index is -1.02. The van der Waals surface area contributed by atoms with Crippen molar-refractivity contribution >= 4 is 23.3 Å². The third kappa shape index (κ3) is 8.70. The van der Waals surface area contributed by atoms with Gasteiger partial charge in [-0.1, -0.05) is 103 Å². The summed E-state index contributed by atoms with van der Waals surface area (Å²) in [4.78, 5) is 40.4. The number of amides is 1. The summed E-state index contributed by atoms with van der Waals surface area (Å²) in [7, 11) is 0. The number of anilines is 1. The molecule has 0 heterocycles. The van der Waals surface area contributed by atoms with Crippen molar-refractivity contribution in [3.8, 4) is 5.75 Å². The summed E-state index contributed by atoms with van der Waals surface area (Å²) in [5.41, 5.74) is 3.93. The molecule has 7 heteroatoms. The molecule has 2 N–H and O–H groups in total. The molecule has 0 saturated heterocycles. The lowest BCUT2D eigenvalue weighted by atomic mass is 10.00. The molecule has 0 bridgehead atoms. The van der Waals surface area contributed by atoms with Crippen LogP contribution in [0.5, 0.6) is 5.75 Å². The van der Waals surface area contributed by atoms with Crippen molar-refractivity contribution in [2.24, 2.45) is 0 Å². The van der Waals surface area contributed by atoms with E-state index in [-0.39, 0.29) is 18.1 Å². The van der Waals surface area contributed by atoms with Crippen LogP contribution in [0, 0.1) is 0 Å². The molecule has 5 aromatic carbocycles. The fourth-order valence-corrected chi connectivity index (χ4v) is 5.16. The van der Waals surface area contributed by atoms with Crippen LogP contribution < -0.4 is 10.1 Å². The Balaban J connectivity index is 1.17. The monoisotopic (exact) mass is 612 g/mol. The molecule has 5 aromatic rings. The summed E-state index contributed by atoms with van der Waals surface area (Å²) in [6, 6.07) is 41.4. The number of carbonyl (C=O) groups excluding carboxylic acids is 2. The molecule has 1 atom stereocenters. The number of nitrogens with one attached hydrogen (secondary N) is 1. The van der Waals surface area contributed by atoms with Gasteiger partial charge in [-0.15, -0.1) is 0 Å². The summed E-state index contributed by atoms with van der Waals surface area (Å²) < 4.78 is 5.97. The summed E-state index contributed by atoms with van der Waals surface area (Å²) in [6.07, 6.45) is 0.846. The highest BCUT2D eigenvalue weighted by molar-refractivity contribution is 6.12. The van der Waals surface area contributed by atoms with Gasteiger partial charge >= 0.3 is 5.97 Å². The molecule has 1 amide bonds. The number of carboxylic acids is 1. The van der Waals surface area contributed by atoms with Crippen LogP contribution in [0.15, 0.2) is 140 Å². The van der Waals surface area contributed by atoms with Gasteiger partial charge in [0.1, 0.15) is 11.8 Å². The average Bonchev–Trinajstić information content (AvgIpc) is 3.10. The minimum absolute atomic E-state index is 0.0255. The molecule has 0 aliphatic carbocycles. The van der Waals surface area contributed by atoms with Crippen LogP contribution in [-0.2, 0) is 17.8 Å². The number of benzene rings is 5. The van der Waals surface area contributed by atoms with E-state index in [0.717, 1.165) is 11.1 Å². The molecule has 0 radical (unpaired) electrons. The SMILES string of the molecule is O=C(c1ccccc1)c1ccccc1NC(Cc1ccc(OCCCN(Cc2ccccc2)C(=O)c2ccccc2)cc1)C(=O)O. The number of hydrogen-bond donors (Lipinski definition) is 2. The molecule has 1 unspecified atom stereocenters. The lowest BCUT2D eigenvalue weighted by Crippen LogP contribution is -2.32. The number of ether oxygens (including phenoxy) is 1. The van der Waals surface area contributed by atoms with Crippen LogP contribution in [0.4, 0.5) is 5.69 Å². The van der Waals surface area contributed by atoms with Crippen molar-refractivity contribution in [1.82, 2.24) is 4.90 Å². The van der Waals surface area contributed by atoms with Crippen molar-refractivity contribution in [3.05, 3.63) is 167 Å². The van der Waals surface area contributed by atoms with Gasteiger partial charge in [0.05, 0.1) is 6.61 Å². The molecule has 0 fully saturated rings. The maximum absolute atomic E-state index is 13.2. The Morgan fingerprint density at radius 2 is 1.26 bits per heavy atom. The number of para-hydroxylation sites is 1. The predicted octanol–water partition coefficient (Wildman–Crippen LogP) is 7.14. The van der Waals surface area contributed by atoms with Crippen molar-refractivity contribution in [2.45, 2.75) is 25.4 Å². The molecule has 5 rings (SSSR count). The Labute approximate surface area is 269 Å². The van der Waals surface area contributed by atoms with Gasteiger partial charge in [-0.2, -0.15) is 0 Å².